The molecule has 0 aliphatic carbocycles. The summed E-state index contributed by atoms with van der Waals surface area (Å²) in [4.78, 5) is 3.67. The second-order valence-corrected chi connectivity index (χ2v) is 7.59. The minimum atomic E-state index is 0.459. The van der Waals surface area contributed by atoms with Crippen molar-refractivity contribution >= 4 is 34.1 Å². The fourth-order valence-electron chi connectivity index (χ4n) is 3.38. The van der Waals surface area contributed by atoms with Crippen LogP contribution >= 0.6 is 23.2 Å². The van der Waals surface area contributed by atoms with Crippen molar-refractivity contribution in [2.75, 3.05) is 6.54 Å². The van der Waals surface area contributed by atoms with E-state index < -0.39 is 0 Å². The lowest BCUT2D eigenvalue weighted by atomic mass is 9.96. The Morgan fingerprint density at radius 1 is 1.04 bits per heavy atom. The number of nitrogens with two attached hydrogens (primary N) is 1. The van der Waals surface area contributed by atoms with Crippen molar-refractivity contribution in [3.63, 3.8) is 0 Å². The van der Waals surface area contributed by atoms with Crippen LogP contribution in [0, 0.1) is 0 Å². The smallest absolute Gasteiger partial charge is 0.0599 e. The van der Waals surface area contributed by atoms with E-state index in [2.05, 4.69) is 37.0 Å². The molecule has 0 saturated heterocycles. The minimum Gasteiger partial charge on any atom is -0.354 e. The fourth-order valence-corrected chi connectivity index (χ4v) is 3.68. The molecular formula is C21H24Cl2N2. The highest BCUT2D eigenvalue weighted by atomic mass is 35.5. The highest BCUT2D eigenvalue weighted by Crippen LogP contribution is 2.37. The zero-order chi connectivity index (χ0) is 18.0. The number of rotatable bonds is 6. The lowest BCUT2D eigenvalue weighted by Crippen LogP contribution is -1.99. The summed E-state index contributed by atoms with van der Waals surface area (Å²) in [6, 6.07) is 12.4. The Labute approximate surface area is 159 Å². The van der Waals surface area contributed by atoms with E-state index in [0.29, 0.717) is 16.0 Å². The van der Waals surface area contributed by atoms with Gasteiger partial charge >= 0.3 is 0 Å². The molecule has 0 fully saturated rings. The van der Waals surface area contributed by atoms with Crippen molar-refractivity contribution in [2.24, 2.45) is 5.73 Å². The van der Waals surface area contributed by atoms with Gasteiger partial charge in [-0.05, 0) is 60.5 Å². The monoisotopic (exact) mass is 374 g/mol. The fraction of sp³-hybridized carbons (Fsp3) is 0.333. The van der Waals surface area contributed by atoms with Gasteiger partial charge in [0, 0.05) is 16.6 Å². The molecule has 0 bridgehead atoms. The maximum absolute atomic E-state index is 6.26. The number of aromatic nitrogens is 1. The van der Waals surface area contributed by atoms with Crippen molar-refractivity contribution in [3.05, 3.63) is 57.6 Å². The van der Waals surface area contributed by atoms with Gasteiger partial charge in [0.15, 0.2) is 0 Å². The molecule has 1 aromatic heterocycles. The second kappa shape index (κ2) is 7.82. The Morgan fingerprint density at radius 3 is 2.52 bits per heavy atom. The highest BCUT2D eigenvalue weighted by molar-refractivity contribution is 6.42. The molecule has 0 aliphatic heterocycles. The van der Waals surface area contributed by atoms with Crippen molar-refractivity contribution in [2.45, 2.75) is 39.0 Å². The van der Waals surface area contributed by atoms with Gasteiger partial charge in [-0.3, -0.25) is 0 Å². The number of halogens is 2. The molecule has 3 N–H and O–H groups in total. The number of aryl methyl sites for hydroxylation is 1. The molecule has 0 aliphatic rings. The average molecular weight is 375 g/mol. The molecule has 2 aromatic carbocycles. The Hall–Kier alpha value is -1.48. The molecule has 0 amide bonds. The number of hydrogen-bond acceptors (Lipinski definition) is 1. The van der Waals surface area contributed by atoms with Gasteiger partial charge < -0.3 is 10.7 Å². The Morgan fingerprint density at radius 2 is 1.84 bits per heavy atom. The van der Waals surface area contributed by atoms with Crippen LogP contribution in [0.5, 0.6) is 0 Å². The van der Waals surface area contributed by atoms with Crippen LogP contribution in [-0.4, -0.2) is 11.5 Å². The maximum Gasteiger partial charge on any atom is 0.0599 e. The van der Waals surface area contributed by atoms with Gasteiger partial charge in [-0.15, -0.1) is 0 Å². The summed E-state index contributed by atoms with van der Waals surface area (Å²) in [6.45, 7) is 5.17. The van der Waals surface area contributed by atoms with Crippen LogP contribution < -0.4 is 5.73 Å². The molecule has 0 spiro atoms. The molecule has 0 unspecified atom stereocenters. The summed E-state index contributed by atoms with van der Waals surface area (Å²) in [7, 11) is 0. The molecule has 0 saturated carbocycles. The predicted molar refractivity (Wildman–Crippen MR) is 110 cm³/mol. The van der Waals surface area contributed by atoms with Crippen LogP contribution in [0.4, 0.5) is 0 Å². The summed E-state index contributed by atoms with van der Waals surface area (Å²) < 4.78 is 0. The normalized spacial score (nSPS) is 11.6. The van der Waals surface area contributed by atoms with E-state index in [0.717, 1.165) is 37.1 Å². The minimum absolute atomic E-state index is 0.459. The number of hydrogen-bond donors (Lipinski definition) is 2. The van der Waals surface area contributed by atoms with E-state index in [-0.39, 0.29) is 0 Å². The second-order valence-electron chi connectivity index (χ2n) is 6.78. The topological polar surface area (TPSA) is 41.8 Å². The lowest BCUT2D eigenvalue weighted by Gasteiger charge is -2.07. The first kappa shape index (κ1) is 18.3. The molecule has 1 heterocycles. The number of nitrogens with one attached hydrogen (secondary N) is 1. The van der Waals surface area contributed by atoms with Crippen LogP contribution in [0.15, 0.2) is 36.4 Å². The third-order valence-corrected chi connectivity index (χ3v) is 5.42. The first-order chi connectivity index (χ1) is 12.0. The molecular weight excluding hydrogens is 351 g/mol. The maximum atomic E-state index is 6.26. The molecule has 4 heteroatoms. The third kappa shape index (κ3) is 3.72. The van der Waals surface area contributed by atoms with E-state index in [4.69, 9.17) is 28.9 Å². The van der Waals surface area contributed by atoms with Gasteiger partial charge in [0.05, 0.1) is 10.0 Å². The molecule has 3 aromatic rings. The third-order valence-electron chi connectivity index (χ3n) is 4.68. The van der Waals surface area contributed by atoms with Gasteiger partial charge in [0.2, 0.25) is 0 Å². The molecule has 0 radical (unpaired) electrons. The van der Waals surface area contributed by atoms with Crippen LogP contribution in [0.2, 0.25) is 10.0 Å². The number of unbranched alkanes of at least 4 members (excludes halogenated alkanes) is 1. The van der Waals surface area contributed by atoms with Crippen LogP contribution in [0.25, 0.3) is 22.2 Å². The number of para-hydroxylation sites is 1. The van der Waals surface area contributed by atoms with E-state index in [1.165, 1.54) is 22.0 Å². The van der Waals surface area contributed by atoms with E-state index in [9.17, 15) is 0 Å². The molecule has 132 valence electrons. The van der Waals surface area contributed by atoms with Crippen molar-refractivity contribution in [3.8, 4) is 11.3 Å². The highest BCUT2D eigenvalue weighted by Gasteiger charge is 2.17. The molecule has 2 nitrogen and oxygen atoms in total. The number of H-pyrrole nitrogens is 1. The molecule has 0 atom stereocenters. The summed E-state index contributed by atoms with van der Waals surface area (Å²) in [5.41, 5.74) is 11.8. The Bertz CT molecular complexity index is 881. The number of benzene rings is 2. The summed E-state index contributed by atoms with van der Waals surface area (Å²) >= 11 is 12.4. The summed E-state index contributed by atoms with van der Waals surface area (Å²) in [6.07, 6.45) is 3.09. The molecule has 25 heavy (non-hydrogen) atoms. The first-order valence-electron chi connectivity index (χ1n) is 8.82. The van der Waals surface area contributed by atoms with E-state index in [1.807, 2.05) is 18.2 Å². The zero-order valence-electron chi connectivity index (χ0n) is 14.7. The number of fused-ring (bicyclic) bond motifs is 1. The van der Waals surface area contributed by atoms with Crippen LogP contribution in [-0.2, 0) is 6.42 Å². The first-order valence-corrected chi connectivity index (χ1v) is 9.57. The van der Waals surface area contributed by atoms with Gasteiger partial charge in [-0.1, -0.05) is 61.3 Å². The van der Waals surface area contributed by atoms with Crippen LogP contribution in [0.1, 0.15) is 43.7 Å². The summed E-state index contributed by atoms with van der Waals surface area (Å²) in [5.74, 6) is 0.459. The standard InChI is InChI=1S/C21H24Cl2N2/c1-13(2)15-7-5-8-17-16(6-3-4-11-24)20(25-21(15)17)14-9-10-18(22)19(23)12-14/h5,7-10,12-13,25H,3-4,6,11,24H2,1-2H3. The van der Waals surface area contributed by atoms with Crippen LogP contribution in [0.3, 0.4) is 0 Å². The van der Waals surface area contributed by atoms with Gasteiger partial charge in [0.25, 0.3) is 0 Å². The quantitative estimate of drug-likeness (QED) is 0.472. The van der Waals surface area contributed by atoms with Crippen molar-refractivity contribution < 1.29 is 0 Å². The van der Waals surface area contributed by atoms with Crippen molar-refractivity contribution in [1.82, 2.24) is 4.98 Å². The number of aromatic amines is 1. The van der Waals surface area contributed by atoms with Gasteiger partial charge in [0.1, 0.15) is 0 Å². The largest absolute Gasteiger partial charge is 0.354 e. The molecule has 3 rings (SSSR count). The van der Waals surface area contributed by atoms with Gasteiger partial charge in [-0.2, -0.15) is 0 Å². The average Bonchev–Trinajstić information content (AvgIpc) is 2.96. The van der Waals surface area contributed by atoms with E-state index in [1.54, 1.807) is 0 Å². The Balaban J connectivity index is 2.19. The SMILES string of the molecule is CC(C)c1cccc2c(CCCCN)c(-c3ccc(Cl)c(Cl)c3)[nH]c12. The summed E-state index contributed by atoms with van der Waals surface area (Å²) in [5, 5.41) is 2.45. The zero-order valence-corrected chi connectivity index (χ0v) is 16.2. The predicted octanol–water partition coefficient (Wildman–Crippen LogP) is 6.55. The van der Waals surface area contributed by atoms with E-state index >= 15 is 0 Å². The lowest BCUT2D eigenvalue weighted by molar-refractivity contribution is 0.748. The van der Waals surface area contributed by atoms with Gasteiger partial charge in [-0.25, -0.2) is 0 Å². The Kier molecular flexibility index (Phi) is 5.73. The van der Waals surface area contributed by atoms with Crippen molar-refractivity contribution in [1.29, 1.82) is 0 Å².